The van der Waals surface area contributed by atoms with Gasteiger partial charge in [0.1, 0.15) is 0 Å². The van der Waals surface area contributed by atoms with Gasteiger partial charge in [0.15, 0.2) is 0 Å². The van der Waals surface area contributed by atoms with Crippen molar-refractivity contribution in [3.05, 3.63) is 0 Å². The lowest BCUT2D eigenvalue weighted by Crippen LogP contribution is -2.27. The number of carbonyl (C=O) groups is 1. The quantitative estimate of drug-likeness (QED) is 0.524. The minimum Gasteiger partial charge on any atom is -0.466 e. The fraction of sp³-hybridized carbons (Fsp3) is 0.900. The highest BCUT2D eigenvalue weighted by atomic mass is 32.2. The lowest BCUT2D eigenvalue weighted by molar-refractivity contribution is -0.153. The van der Waals surface area contributed by atoms with Gasteiger partial charge in [-0.3, -0.25) is 4.79 Å². The lowest BCUT2D eigenvalue weighted by atomic mass is 9.90. The standard InChI is InChI=1S/C10H20O3S/c1-4-13-9(12)10(2,3)5-7-14-8-6-11/h11H,4-8H2,1-3H3. The first-order chi connectivity index (χ1) is 6.54. The van der Waals surface area contributed by atoms with Gasteiger partial charge in [0.25, 0.3) is 0 Å². The maximum absolute atomic E-state index is 11.4. The van der Waals surface area contributed by atoms with Crippen molar-refractivity contribution in [3.63, 3.8) is 0 Å². The van der Waals surface area contributed by atoms with Crippen LogP contribution in [-0.4, -0.2) is 35.8 Å². The van der Waals surface area contributed by atoms with E-state index in [0.717, 1.165) is 17.9 Å². The minimum absolute atomic E-state index is 0.135. The number of hydrogen-bond acceptors (Lipinski definition) is 4. The molecular formula is C10H20O3S. The molecule has 1 N–H and O–H groups in total. The third-order valence-corrected chi connectivity index (χ3v) is 2.90. The van der Waals surface area contributed by atoms with Crippen molar-refractivity contribution in [1.29, 1.82) is 0 Å². The van der Waals surface area contributed by atoms with Crippen molar-refractivity contribution in [2.24, 2.45) is 5.41 Å². The first kappa shape index (κ1) is 13.8. The highest BCUT2D eigenvalue weighted by Crippen LogP contribution is 2.24. The zero-order chi connectivity index (χ0) is 11.0. The molecular weight excluding hydrogens is 200 g/mol. The normalized spacial score (nSPS) is 11.4. The largest absolute Gasteiger partial charge is 0.466 e. The van der Waals surface area contributed by atoms with E-state index in [4.69, 9.17) is 9.84 Å². The van der Waals surface area contributed by atoms with Gasteiger partial charge in [-0.25, -0.2) is 0 Å². The number of rotatable bonds is 7. The summed E-state index contributed by atoms with van der Waals surface area (Å²) in [5.74, 6) is 1.48. The molecule has 0 heterocycles. The van der Waals surface area contributed by atoms with E-state index in [0.29, 0.717) is 6.61 Å². The highest BCUT2D eigenvalue weighted by Gasteiger charge is 2.28. The Balaban J connectivity index is 3.76. The molecule has 0 saturated heterocycles. The van der Waals surface area contributed by atoms with E-state index in [1.54, 1.807) is 11.8 Å². The van der Waals surface area contributed by atoms with Gasteiger partial charge in [0.05, 0.1) is 18.6 Å². The van der Waals surface area contributed by atoms with Crippen LogP contribution in [0.4, 0.5) is 0 Å². The van der Waals surface area contributed by atoms with E-state index in [2.05, 4.69) is 0 Å². The number of aliphatic hydroxyl groups excluding tert-OH is 1. The molecule has 0 unspecified atom stereocenters. The molecule has 0 amide bonds. The second kappa shape index (κ2) is 7.12. The van der Waals surface area contributed by atoms with E-state index >= 15 is 0 Å². The molecule has 0 fully saturated rings. The molecule has 0 spiro atoms. The molecule has 0 aliphatic carbocycles. The fourth-order valence-corrected chi connectivity index (χ4v) is 1.91. The third-order valence-electron chi connectivity index (χ3n) is 1.94. The summed E-state index contributed by atoms with van der Waals surface area (Å²) in [5.41, 5.74) is -0.404. The summed E-state index contributed by atoms with van der Waals surface area (Å²) in [6.45, 7) is 6.24. The molecule has 0 saturated carbocycles. The predicted octanol–water partition coefficient (Wildman–Crippen LogP) is 1.69. The average Bonchev–Trinajstić information content (AvgIpc) is 2.13. The van der Waals surface area contributed by atoms with Gasteiger partial charge >= 0.3 is 5.97 Å². The van der Waals surface area contributed by atoms with Crippen LogP contribution in [0.25, 0.3) is 0 Å². The minimum atomic E-state index is -0.404. The monoisotopic (exact) mass is 220 g/mol. The molecule has 0 aromatic rings. The van der Waals surface area contributed by atoms with Gasteiger partial charge in [0.2, 0.25) is 0 Å². The fourth-order valence-electron chi connectivity index (χ4n) is 0.922. The van der Waals surface area contributed by atoms with Gasteiger partial charge in [-0.2, -0.15) is 11.8 Å². The van der Waals surface area contributed by atoms with E-state index in [1.807, 2.05) is 20.8 Å². The van der Waals surface area contributed by atoms with Crippen molar-refractivity contribution in [2.75, 3.05) is 24.7 Å². The van der Waals surface area contributed by atoms with Crippen molar-refractivity contribution < 1.29 is 14.6 Å². The predicted molar refractivity (Wildman–Crippen MR) is 59.4 cm³/mol. The Labute approximate surface area is 90.2 Å². The Morgan fingerprint density at radius 2 is 2.07 bits per heavy atom. The highest BCUT2D eigenvalue weighted by molar-refractivity contribution is 7.99. The van der Waals surface area contributed by atoms with Crippen molar-refractivity contribution in [2.45, 2.75) is 27.2 Å². The maximum Gasteiger partial charge on any atom is 0.311 e. The molecule has 0 aromatic carbocycles. The first-order valence-corrected chi connectivity index (χ1v) is 6.06. The number of carbonyl (C=O) groups excluding carboxylic acids is 1. The summed E-state index contributed by atoms with van der Waals surface area (Å²) in [6, 6.07) is 0. The van der Waals surface area contributed by atoms with Crippen LogP contribution in [0.5, 0.6) is 0 Å². The molecule has 0 aliphatic heterocycles. The van der Waals surface area contributed by atoms with E-state index in [9.17, 15) is 4.79 Å². The molecule has 0 atom stereocenters. The summed E-state index contributed by atoms with van der Waals surface area (Å²) in [7, 11) is 0. The lowest BCUT2D eigenvalue weighted by Gasteiger charge is -2.21. The summed E-state index contributed by atoms with van der Waals surface area (Å²) < 4.78 is 4.97. The molecule has 84 valence electrons. The van der Waals surface area contributed by atoms with Crippen LogP contribution in [0.2, 0.25) is 0 Å². The van der Waals surface area contributed by atoms with Gasteiger partial charge < -0.3 is 9.84 Å². The molecule has 4 heteroatoms. The van der Waals surface area contributed by atoms with Gasteiger partial charge in [-0.1, -0.05) is 0 Å². The van der Waals surface area contributed by atoms with Crippen molar-refractivity contribution >= 4 is 17.7 Å². The average molecular weight is 220 g/mol. The Morgan fingerprint density at radius 1 is 1.43 bits per heavy atom. The van der Waals surface area contributed by atoms with Gasteiger partial charge in [-0.15, -0.1) is 0 Å². The van der Waals surface area contributed by atoms with Crippen molar-refractivity contribution in [1.82, 2.24) is 0 Å². The molecule has 0 radical (unpaired) electrons. The smallest absolute Gasteiger partial charge is 0.311 e. The summed E-state index contributed by atoms with van der Waals surface area (Å²) in [5, 5.41) is 8.58. The SMILES string of the molecule is CCOC(=O)C(C)(C)CCSCCO. The Bertz CT molecular complexity index is 169. The van der Waals surface area contributed by atoms with E-state index in [-0.39, 0.29) is 12.6 Å². The van der Waals surface area contributed by atoms with Crippen LogP contribution >= 0.6 is 11.8 Å². The van der Waals surface area contributed by atoms with Crippen LogP contribution in [0.1, 0.15) is 27.2 Å². The first-order valence-electron chi connectivity index (χ1n) is 4.90. The number of aliphatic hydroxyl groups is 1. The van der Waals surface area contributed by atoms with Crippen LogP contribution in [0, 0.1) is 5.41 Å². The van der Waals surface area contributed by atoms with Gasteiger partial charge in [0, 0.05) is 5.75 Å². The van der Waals surface area contributed by atoms with Crippen LogP contribution < -0.4 is 0 Å². The number of esters is 1. The van der Waals surface area contributed by atoms with Gasteiger partial charge in [-0.05, 0) is 32.9 Å². The van der Waals surface area contributed by atoms with E-state index < -0.39 is 5.41 Å². The second-order valence-corrected chi connectivity index (χ2v) is 4.92. The Kier molecular flexibility index (Phi) is 7.01. The zero-order valence-electron chi connectivity index (χ0n) is 9.21. The van der Waals surface area contributed by atoms with Crippen molar-refractivity contribution in [3.8, 4) is 0 Å². The number of ether oxygens (including phenoxy) is 1. The van der Waals surface area contributed by atoms with Crippen LogP contribution in [-0.2, 0) is 9.53 Å². The van der Waals surface area contributed by atoms with Crippen LogP contribution in [0.15, 0.2) is 0 Å². The molecule has 14 heavy (non-hydrogen) atoms. The summed E-state index contributed by atoms with van der Waals surface area (Å²) in [4.78, 5) is 11.4. The molecule has 0 aromatic heterocycles. The molecule has 0 rings (SSSR count). The summed E-state index contributed by atoms with van der Waals surface area (Å²) in [6.07, 6.45) is 0.788. The Hall–Kier alpha value is -0.220. The second-order valence-electron chi connectivity index (χ2n) is 3.69. The number of thioether (sulfide) groups is 1. The third kappa shape index (κ3) is 5.50. The maximum atomic E-state index is 11.4. The topological polar surface area (TPSA) is 46.5 Å². The molecule has 0 aliphatic rings. The van der Waals surface area contributed by atoms with Crippen LogP contribution in [0.3, 0.4) is 0 Å². The Morgan fingerprint density at radius 3 is 2.57 bits per heavy atom. The zero-order valence-corrected chi connectivity index (χ0v) is 10.0. The summed E-state index contributed by atoms with van der Waals surface area (Å²) >= 11 is 1.66. The molecule has 3 nitrogen and oxygen atoms in total. The number of hydrogen-bond donors (Lipinski definition) is 1. The van der Waals surface area contributed by atoms with E-state index in [1.165, 1.54) is 0 Å². The molecule has 0 bridgehead atoms.